The van der Waals surface area contributed by atoms with Crippen LogP contribution in [0, 0.1) is 6.92 Å². The van der Waals surface area contributed by atoms with Crippen LogP contribution in [0.25, 0.3) is 6.08 Å². The molecule has 0 amide bonds. The van der Waals surface area contributed by atoms with E-state index < -0.39 is 5.97 Å². The molecule has 0 atom stereocenters. The third kappa shape index (κ3) is 2.71. The largest absolute Gasteiger partial charge is 0.478 e. The molecule has 14 heavy (non-hydrogen) atoms. The molecule has 0 radical (unpaired) electrons. The minimum atomic E-state index is -0.990. The molecule has 1 aromatic rings. The summed E-state index contributed by atoms with van der Waals surface area (Å²) < 4.78 is 0. The average molecular weight is 192 g/mol. The van der Waals surface area contributed by atoms with Gasteiger partial charge in [0.25, 0.3) is 0 Å². The maximum absolute atomic E-state index is 10.3. The highest BCUT2D eigenvalue weighted by Gasteiger charge is 1.98. The Kier molecular flexibility index (Phi) is 3.42. The van der Waals surface area contributed by atoms with E-state index in [0.29, 0.717) is 0 Å². The molecule has 3 heteroatoms. The molecule has 3 nitrogen and oxygen atoms in total. The molecule has 0 saturated heterocycles. The maximum Gasteiger partial charge on any atom is 0.328 e. The quantitative estimate of drug-likeness (QED) is 0.715. The SMILES string of the molecule is Cc1ccc(CO)c(/C=C/C(=O)O)c1. The van der Waals surface area contributed by atoms with Crippen molar-refractivity contribution >= 4 is 12.0 Å². The number of aliphatic carboxylic acids is 1. The molecule has 0 heterocycles. The van der Waals surface area contributed by atoms with Crippen LogP contribution in [-0.4, -0.2) is 16.2 Å². The van der Waals surface area contributed by atoms with Gasteiger partial charge >= 0.3 is 5.97 Å². The lowest BCUT2D eigenvalue weighted by atomic mass is 10.0. The molecule has 1 rings (SSSR count). The van der Waals surface area contributed by atoms with Crippen molar-refractivity contribution in [2.24, 2.45) is 0 Å². The minimum Gasteiger partial charge on any atom is -0.478 e. The fraction of sp³-hybridized carbons (Fsp3) is 0.182. The molecule has 2 N–H and O–H groups in total. The van der Waals surface area contributed by atoms with Gasteiger partial charge in [0, 0.05) is 6.08 Å². The van der Waals surface area contributed by atoms with E-state index >= 15 is 0 Å². The van der Waals surface area contributed by atoms with Gasteiger partial charge < -0.3 is 10.2 Å². The Morgan fingerprint density at radius 3 is 2.79 bits per heavy atom. The van der Waals surface area contributed by atoms with E-state index in [1.54, 1.807) is 6.07 Å². The van der Waals surface area contributed by atoms with E-state index in [1.807, 2.05) is 19.1 Å². The number of hydrogen-bond acceptors (Lipinski definition) is 2. The molecule has 0 bridgehead atoms. The van der Waals surface area contributed by atoms with Gasteiger partial charge in [0.1, 0.15) is 0 Å². The number of carboxylic acid groups (broad SMARTS) is 1. The number of carboxylic acids is 1. The number of aryl methyl sites for hydroxylation is 1. The van der Waals surface area contributed by atoms with Crippen LogP contribution in [0.15, 0.2) is 24.3 Å². The first kappa shape index (κ1) is 10.5. The number of carbonyl (C=O) groups is 1. The Labute approximate surface area is 82.3 Å². The molecule has 0 spiro atoms. The van der Waals surface area contributed by atoms with E-state index in [2.05, 4.69) is 0 Å². The van der Waals surface area contributed by atoms with Gasteiger partial charge in [-0.1, -0.05) is 23.8 Å². The predicted octanol–water partition coefficient (Wildman–Crippen LogP) is 1.59. The highest BCUT2D eigenvalue weighted by Crippen LogP contribution is 2.13. The molecule has 0 fully saturated rings. The molecule has 0 unspecified atom stereocenters. The highest BCUT2D eigenvalue weighted by atomic mass is 16.4. The van der Waals surface area contributed by atoms with E-state index in [9.17, 15) is 4.79 Å². The summed E-state index contributed by atoms with van der Waals surface area (Å²) in [6, 6.07) is 5.51. The Morgan fingerprint density at radius 2 is 2.21 bits per heavy atom. The van der Waals surface area contributed by atoms with Crippen LogP contribution in [0.1, 0.15) is 16.7 Å². The van der Waals surface area contributed by atoms with Crippen molar-refractivity contribution in [3.8, 4) is 0 Å². The summed E-state index contributed by atoms with van der Waals surface area (Å²) in [5, 5.41) is 17.5. The Morgan fingerprint density at radius 1 is 1.50 bits per heavy atom. The van der Waals surface area contributed by atoms with Crippen molar-refractivity contribution < 1.29 is 15.0 Å². The summed E-state index contributed by atoms with van der Waals surface area (Å²) in [5.41, 5.74) is 2.51. The molecule has 74 valence electrons. The van der Waals surface area contributed by atoms with Crippen molar-refractivity contribution in [3.05, 3.63) is 41.0 Å². The first-order chi connectivity index (χ1) is 6.63. The Balaban J connectivity index is 3.04. The normalized spacial score (nSPS) is 10.7. The fourth-order valence-electron chi connectivity index (χ4n) is 1.17. The van der Waals surface area contributed by atoms with Gasteiger partial charge in [-0.2, -0.15) is 0 Å². The smallest absolute Gasteiger partial charge is 0.328 e. The van der Waals surface area contributed by atoms with Gasteiger partial charge in [-0.3, -0.25) is 0 Å². The number of hydrogen-bond donors (Lipinski definition) is 2. The van der Waals surface area contributed by atoms with Crippen LogP contribution in [0.2, 0.25) is 0 Å². The maximum atomic E-state index is 10.3. The molecule has 0 aliphatic carbocycles. The number of rotatable bonds is 3. The van der Waals surface area contributed by atoms with Crippen LogP contribution < -0.4 is 0 Å². The zero-order valence-corrected chi connectivity index (χ0v) is 7.90. The first-order valence-corrected chi connectivity index (χ1v) is 4.25. The molecule has 0 aliphatic rings. The lowest BCUT2D eigenvalue weighted by Crippen LogP contribution is -1.91. The van der Waals surface area contributed by atoms with Gasteiger partial charge in [0.2, 0.25) is 0 Å². The number of aliphatic hydroxyl groups excluding tert-OH is 1. The van der Waals surface area contributed by atoms with Crippen LogP contribution in [0.3, 0.4) is 0 Å². The molecular formula is C11H12O3. The number of aliphatic hydroxyl groups is 1. The van der Waals surface area contributed by atoms with Crippen LogP contribution in [0.4, 0.5) is 0 Å². The Bertz CT molecular complexity index is 367. The van der Waals surface area contributed by atoms with Gasteiger partial charge in [0.05, 0.1) is 6.61 Å². The summed E-state index contributed by atoms with van der Waals surface area (Å²) >= 11 is 0. The summed E-state index contributed by atoms with van der Waals surface area (Å²) in [7, 11) is 0. The van der Waals surface area contributed by atoms with Crippen LogP contribution in [-0.2, 0) is 11.4 Å². The standard InChI is InChI=1S/C11H12O3/c1-8-2-3-10(7-12)9(6-8)4-5-11(13)14/h2-6,12H,7H2,1H3,(H,13,14)/b5-4+. The van der Waals surface area contributed by atoms with E-state index in [4.69, 9.17) is 10.2 Å². The lowest BCUT2D eigenvalue weighted by Gasteiger charge is -2.03. The average Bonchev–Trinajstić information content (AvgIpc) is 2.15. The fourth-order valence-corrected chi connectivity index (χ4v) is 1.17. The van der Waals surface area contributed by atoms with Crippen molar-refractivity contribution in [2.45, 2.75) is 13.5 Å². The second-order valence-electron chi connectivity index (χ2n) is 3.03. The second-order valence-corrected chi connectivity index (χ2v) is 3.03. The summed E-state index contributed by atoms with van der Waals surface area (Å²) in [4.78, 5) is 10.3. The van der Waals surface area contributed by atoms with Gasteiger partial charge in [0.15, 0.2) is 0 Å². The molecular weight excluding hydrogens is 180 g/mol. The van der Waals surface area contributed by atoms with Crippen molar-refractivity contribution in [3.63, 3.8) is 0 Å². The zero-order chi connectivity index (χ0) is 10.6. The minimum absolute atomic E-state index is 0.0838. The zero-order valence-electron chi connectivity index (χ0n) is 7.90. The van der Waals surface area contributed by atoms with Crippen LogP contribution in [0.5, 0.6) is 0 Å². The first-order valence-electron chi connectivity index (χ1n) is 4.25. The second kappa shape index (κ2) is 4.58. The third-order valence-electron chi connectivity index (χ3n) is 1.88. The molecule has 1 aromatic carbocycles. The van der Waals surface area contributed by atoms with E-state index in [0.717, 1.165) is 22.8 Å². The predicted molar refractivity (Wildman–Crippen MR) is 53.8 cm³/mol. The van der Waals surface area contributed by atoms with Gasteiger partial charge in [-0.25, -0.2) is 4.79 Å². The molecule has 0 saturated carbocycles. The summed E-state index contributed by atoms with van der Waals surface area (Å²) in [6.45, 7) is 1.83. The highest BCUT2D eigenvalue weighted by molar-refractivity contribution is 5.85. The van der Waals surface area contributed by atoms with Crippen molar-refractivity contribution in [2.75, 3.05) is 0 Å². The number of benzene rings is 1. The monoisotopic (exact) mass is 192 g/mol. The van der Waals surface area contributed by atoms with Gasteiger partial charge in [-0.05, 0) is 24.1 Å². The summed E-state index contributed by atoms with van der Waals surface area (Å²) in [6.07, 6.45) is 2.55. The lowest BCUT2D eigenvalue weighted by molar-refractivity contribution is -0.131. The van der Waals surface area contributed by atoms with E-state index in [-0.39, 0.29) is 6.61 Å². The van der Waals surface area contributed by atoms with Crippen LogP contribution >= 0.6 is 0 Å². The van der Waals surface area contributed by atoms with Crippen molar-refractivity contribution in [1.82, 2.24) is 0 Å². The molecule has 0 aliphatic heterocycles. The van der Waals surface area contributed by atoms with E-state index in [1.165, 1.54) is 6.08 Å². The van der Waals surface area contributed by atoms with Gasteiger partial charge in [-0.15, -0.1) is 0 Å². The van der Waals surface area contributed by atoms with Crippen molar-refractivity contribution in [1.29, 1.82) is 0 Å². The molecule has 0 aromatic heterocycles. The third-order valence-corrected chi connectivity index (χ3v) is 1.88. The topological polar surface area (TPSA) is 57.5 Å². The Hall–Kier alpha value is -1.61. The summed E-state index contributed by atoms with van der Waals surface area (Å²) in [5.74, 6) is -0.990.